The first-order valence-corrected chi connectivity index (χ1v) is 8.97. The number of carbonyl (C=O) groups is 2. The van der Waals surface area contributed by atoms with Crippen LogP contribution in [0, 0.1) is 11.8 Å². The maximum absolute atomic E-state index is 11.7. The van der Waals surface area contributed by atoms with Gasteiger partial charge in [-0.2, -0.15) is 11.8 Å². The van der Waals surface area contributed by atoms with Gasteiger partial charge in [-0.05, 0) is 24.7 Å². The van der Waals surface area contributed by atoms with Crippen molar-refractivity contribution in [3.05, 3.63) is 23.7 Å². The molecule has 3 N–H and O–H groups in total. The molecule has 24 heavy (non-hydrogen) atoms. The average Bonchev–Trinajstić information content (AvgIpc) is 3.24. The summed E-state index contributed by atoms with van der Waals surface area (Å²) in [5.74, 6) is -1.28. The Morgan fingerprint density at radius 1 is 1.38 bits per heavy atom. The van der Waals surface area contributed by atoms with Crippen LogP contribution in [-0.4, -0.2) is 57.1 Å². The number of hydrogen-bond acceptors (Lipinski definition) is 8. The lowest BCUT2D eigenvalue weighted by atomic mass is 10.1. The fourth-order valence-corrected chi connectivity index (χ4v) is 4.70. The molecule has 2 aliphatic carbocycles. The number of aliphatic hydroxyl groups excluding tert-OH is 3. The number of cyclic esters (lactones) is 1. The number of allylic oxidation sites excluding steroid dienone is 2. The second-order valence-corrected chi connectivity index (χ2v) is 7.60. The Kier molecular flexibility index (Phi) is 5.05. The molecular formula is C16H20O7S. The van der Waals surface area contributed by atoms with Crippen LogP contribution >= 0.6 is 11.8 Å². The SMILES string of the molecule is O=C(CCSC1CC2C=CC1C2)OC[C@H](O)[C@H]1OC(=O)C(O)=C1O. The average molecular weight is 356 g/mol. The van der Waals surface area contributed by atoms with Crippen molar-refractivity contribution in [3.63, 3.8) is 0 Å². The summed E-state index contributed by atoms with van der Waals surface area (Å²) in [4.78, 5) is 22.8. The number of aliphatic hydroxyl groups is 3. The van der Waals surface area contributed by atoms with E-state index in [0.29, 0.717) is 22.8 Å². The van der Waals surface area contributed by atoms with Crippen LogP contribution in [0.1, 0.15) is 19.3 Å². The standard InChI is InChI=1S/C16H20O7S/c17-10(15-13(19)14(20)16(21)23-15)7-22-12(18)3-4-24-11-6-8-1-2-9(11)5-8/h1-2,8-11,15,17,19-20H,3-7H2/t8?,9?,10-,11?,15+/m0/s1. The third-order valence-electron chi connectivity index (χ3n) is 4.56. The van der Waals surface area contributed by atoms with Gasteiger partial charge in [-0.25, -0.2) is 4.79 Å². The molecule has 3 unspecified atom stereocenters. The number of hydrogen-bond donors (Lipinski definition) is 3. The fraction of sp³-hybridized carbons (Fsp3) is 0.625. The van der Waals surface area contributed by atoms with E-state index >= 15 is 0 Å². The minimum absolute atomic E-state index is 0.229. The number of fused-ring (bicyclic) bond motifs is 2. The van der Waals surface area contributed by atoms with Crippen LogP contribution in [0.3, 0.4) is 0 Å². The lowest BCUT2D eigenvalue weighted by molar-refractivity contribution is -0.154. The molecule has 3 rings (SSSR count). The van der Waals surface area contributed by atoms with Gasteiger partial charge in [-0.1, -0.05) is 12.2 Å². The Morgan fingerprint density at radius 3 is 2.75 bits per heavy atom. The van der Waals surface area contributed by atoms with Gasteiger partial charge in [0, 0.05) is 11.0 Å². The molecule has 7 nitrogen and oxygen atoms in total. The molecule has 0 aromatic rings. The van der Waals surface area contributed by atoms with Crippen LogP contribution in [0.4, 0.5) is 0 Å². The van der Waals surface area contributed by atoms with Crippen LogP contribution in [0.5, 0.6) is 0 Å². The summed E-state index contributed by atoms with van der Waals surface area (Å²) in [6, 6.07) is 0. The van der Waals surface area contributed by atoms with Gasteiger partial charge in [-0.15, -0.1) is 0 Å². The molecular weight excluding hydrogens is 336 g/mol. The zero-order chi connectivity index (χ0) is 17.3. The highest BCUT2D eigenvalue weighted by atomic mass is 32.2. The third kappa shape index (κ3) is 3.54. The molecule has 1 saturated carbocycles. The smallest absolute Gasteiger partial charge is 0.377 e. The summed E-state index contributed by atoms with van der Waals surface area (Å²) in [5.41, 5.74) is 0. The topological polar surface area (TPSA) is 113 Å². The molecule has 0 aromatic carbocycles. The first kappa shape index (κ1) is 17.2. The summed E-state index contributed by atoms with van der Waals surface area (Å²) in [7, 11) is 0. The summed E-state index contributed by atoms with van der Waals surface area (Å²) in [6.45, 7) is -0.421. The monoisotopic (exact) mass is 356 g/mol. The molecule has 1 fully saturated rings. The van der Waals surface area contributed by atoms with Crippen molar-refractivity contribution < 1.29 is 34.4 Å². The zero-order valence-electron chi connectivity index (χ0n) is 13.0. The van der Waals surface area contributed by atoms with Crippen molar-refractivity contribution in [2.24, 2.45) is 11.8 Å². The number of thioether (sulfide) groups is 1. The lowest BCUT2D eigenvalue weighted by Crippen LogP contribution is -2.33. The van der Waals surface area contributed by atoms with Crippen molar-refractivity contribution in [3.8, 4) is 0 Å². The summed E-state index contributed by atoms with van der Waals surface area (Å²) in [5, 5.41) is 29.0. The van der Waals surface area contributed by atoms with E-state index < -0.39 is 42.3 Å². The Labute approximate surface area is 143 Å². The number of carbonyl (C=O) groups excluding carboxylic acids is 2. The number of ether oxygens (including phenoxy) is 2. The maximum atomic E-state index is 11.7. The van der Waals surface area contributed by atoms with Gasteiger partial charge in [0.15, 0.2) is 11.9 Å². The van der Waals surface area contributed by atoms with Gasteiger partial charge >= 0.3 is 11.9 Å². The highest BCUT2D eigenvalue weighted by molar-refractivity contribution is 7.99. The quantitative estimate of drug-likeness (QED) is 0.461. The van der Waals surface area contributed by atoms with Crippen LogP contribution in [0.25, 0.3) is 0 Å². The second-order valence-electron chi connectivity index (χ2n) is 6.25. The minimum Gasteiger partial charge on any atom is -0.505 e. The van der Waals surface area contributed by atoms with Crippen molar-refractivity contribution >= 4 is 23.7 Å². The van der Waals surface area contributed by atoms with E-state index in [9.17, 15) is 19.8 Å². The molecule has 1 aliphatic heterocycles. The molecule has 132 valence electrons. The second kappa shape index (κ2) is 7.06. The van der Waals surface area contributed by atoms with E-state index in [4.69, 9.17) is 9.84 Å². The van der Waals surface area contributed by atoms with Gasteiger partial charge in [0.05, 0.1) is 6.42 Å². The predicted octanol–water partition coefficient (Wildman–Crippen LogP) is 1.23. The van der Waals surface area contributed by atoms with Crippen LogP contribution in [0.15, 0.2) is 23.7 Å². The Morgan fingerprint density at radius 2 is 2.17 bits per heavy atom. The van der Waals surface area contributed by atoms with Gasteiger partial charge in [0.25, 0.3) is 0 Å². The summed E-state index contributed by atoms with van der Waals surface area (Å²) >= 11 is 1.77. The molecule has 3 aliphatic rings. The van der Waals surface area contributed by atoms with E-state index in [1.165, 1.54) is 12.8 Å². The summed E-state index contributed by atoms with van der Waals surface area (Å²) in [6.07, 6.45) is 4.33. The predicted molar refractivity (Wildman–Crippen MR) is 85.3 cm³/mol. The maximum Gasteiger partial charge on any atom is 0.377 e. The normalized spacial score (nSPS) is 32.3. The zero-order valence-corrected chi connectivity index (χ0v) is 13.8. The Bertz CT molecular complexity index is 585. The summed E-state index contributed by atoms with van der Waals surface area (Å²) < 4.78 is 9.53. The van der Waals surface area contributed by atoms with Crippen LogP contribution < -0.4 is 0 Å². The van der Waals surface area contributed by atoms with Gasteiger partial charge in [0.1, 0.15) is 12.7 Å². The molecule has 5 atom stereocenters. The highest BCUT2D eigenvalue weighted by Gasteiger charge is 2.40. The molecule has 0 spiro atoms. The molecule has 2 bridgehead atoms. The molecule has 8 heteroatoms. The van der Waals surface area contributed by atoms with E-state index in [1.54, 1.807) is 11.8 Å². The van der Waals surface area contributed by atoms with Crippen molar-refractivity contribution in [2.45, 2.75) is 36.7 Å². The molecule has 0 saturated heterocycles. The van der Waals surface area contributed by atoms with Crippen molar-refractivity contribution in [1.82, 2.24) is 0 Å². The number of rotatable bonds is 7. The van der Waals surface area contributed by atoms with E-state index in [0.717, 1.165) is 0 Å². The van der Waals surface area contributed by atoms with E-state index in [1.807, 2.05) is 0 Å². The van der Waals surface area contributed by atoms with E-state index in [2.05, 4.69) is 16.9 Å². The van der Waals surface area contributed by atoms with Gasteiger partial charge in [0.2, 0.25) is 5.76 Å². The van der Waals surface area contributed by atoms with Crippen LogP contribution in [-0.2, 0) is 19.1 Å². The first-order chi connectivity index (χ1) is 11.5. The Hall–Kier alpha value is -1.67. The lowest BCUT2D eigenvalue weighted by Gasteiger charge is -2.18. The highest BCUT2D eigenvalue weighted by Crippen LogP contribution is 2.45. The minimum atomic E-state index is -1.43. The molecule has 1 heterocycles. The first-order valence-electron chi connectivity index (χ1n) is 7.92. The van der Waals surface area contributed by atoms with Crippen molar-refractivity contribution in [1.29, 1.82) is 0 Å². The Balaban J connectivity index is 1.34. The third-order valence-corrected chi connectivity index (χ3v) is 5.97. The largest absolute Gasteiger partial charge is 0.505 e. The molecule has 0 radical (unpaired) electrons. The van der Waals surface area contributed by atoms with Gasteiger partial charge in [-0.3, -0.25) is 4.79 Å². The molecule has 0 aromatic heterocycles. The van der Waals surface area contributed by atoms with Crippen LogP contribution in [0.2, 0.25) is 0 Å². The van der Waals surface area contributed by atoms with E-state index in [-0.39, 0.29) is 6.42 Å². The number of esters is 2. The fourth-order valence-electron chi connectivity index (χ4n) is 3.28. The molecule has 0 amide bonds. The van der Waals surface area contributed by atoms with Gasteiger partial charge < -0.3 is 24.8 Å². The van der Waals surface area contributed by atoms with Crippen molar-refractivity contribution in [2.75, 3.05) is 12.4 Å².